The molecular weight excluding hydrogens is 641 g/mol. The molecule has 0 aliphatic heterocycles. The normalized spacial score (nSPS) is 17.1. The molecule has 0 radical (unpaired) electrons. The van der Waals surface area contributed by atoms with E-state index in [1.54, 1.807) is 4.57 Å². The van der Waals surface area contributed by atoms with E-state index in [2.05, 4.69) is 54.0 Å². The van der Waals surface area contributed by atoms with E-state index in [1.165, 1.54) is 12.1 Å². The lowest BCUT2D eigenvalue weighted by atomic mass is 9.76. The molecule has 1 atom stereocenters. The van der Waals surface area contributed by atoms with Crippen LogP contribution in [0.4, 0.5) is 13.2 Å². The van der Waals surface area contributed by atoms with Gasteiger partial charge in [0.25, 0.3) is 0 Å². The summed E-state index contributed by atoms with van der Waals surface area (Å²) in [6.45, 7) is 15.7. The summed E-state index contributed by atoms with van der Waals surface area (Å²) >= 11 is 0. The molecule has 1 saturated carbocycles. The lowest BCUT2D eigenvalue weighted by molar-refractivity contribution is -0.137. The fourth-order valence-electron chi connectivity index (χ4n) is 5.92. The molecule has 8 N–H and O–H groups in total. The molecule has 2 heterocycles. The highest BCUT2D eigenvalue weighted by molar-refractivity contribution is 5.76. The Balaban J connectivity index is 0.000000244. The molecule has 1 aliphatic carbocycles. The first-order valence-electron chi connectivity index (χ1n) is 17.2. The monoisotopic (exact) mass is 694 g/mol. The van der Waals surface area contributed by atoms with Gasteiger partial charge in [0.1, 0.15) is 5.65 Å². The first-order chi connectivity index (χ1) is 23.2. The summed E-state index contributed by atoms with van der Waals surface area (Å²) in [5.74, 6) is 0.553. The Kier molecular flexibility index (Phi) is 11.9. The number of benzene rings is 2. The molecule has 0 unspecified atom stereocenters. The average molecular weight is 695 g/mol. The van der Waals surface area contributed by atoms with Crippen LogP contribution in [0.5, 0.6) is 0 Å². The van der Waals surface area contributed by atoms with Crippen LogP contribution in [-0.4, -0.2) is 39.6 Å². The zero-order chi connectivity index (χ0) is 37.0. The van der Waals surface area contributed by atoms with Crippen molar-refractivity contribution in [3.63, 3.8) is 0 Å². The first kappa shape index (κ1) is 38.6. The lowest BCUT2D eigenvalue weighted by Gasteiger charge is -2.33. The van der Waals surface area contributed by atoms with E-state index >= 15 is 0 Å². The minimum atomic E-state index is -4.29. The van der Waals surface area contributed by atoms with Crippen molar-refractivity contribution >= 4 is 17.0 Å². The number of hydrogen-bond donors (Lipinski definition) is 5. The highest BCUT2D eigenvalue weighted by Crippen LogP contribution is 2.36. The van der Waals surface area contributed by atoms with Crippen molar-refractivity contribution in [2.45, 2.75) is 103 Å². The molecule has 0 spiro atoms. The predicted octanol–water partition coefficient (Wildman–Crippen LogP) is 6.61. The van der Waals surface area contributed by atoms with Crippen molar-refractivity contribution in [2.24, 2.45) is 28.1 Å². The van der Waals surface area contributed by atoms with Gasteiger partial charge in [-0.2, -0.15) is 18.2 Å². The second-order valence-corrected chi connectivity index (χ2v) is 15.5. The highest BCUT2D eigenvalue weighted by atomic mass is 19.4. The van der Waals surface area contributed by atoms with Gasteiger partial charge in [0.15, 0.2) is 5.96 Å². The third-order valence-corrected chi connectivity index (χ3v) is 9.05. The Bertz CT molecular complexity index is 1790. The number of aromatic nitrogens is 3. The largest absolute Gasteiger partial charge is 0.416 e. The maximum atomic E-state index is 13.0. The van der Waals surface area contributed by atoms with Gasteiger partial charge in [-0.1, -0.05) is 59.7 Å². The zero-order valence-electron chi connectivity index (χ0n) is 30.3. The molecule has 0 bridgehead atoms. The summed E-state index contributed by atoms with van der Waals surface area (Å²) < 4.78 is 40.6. The van der Waals surface area contributed by atoms with E-state index < -0.39 is 11.7 Å². The van der Waals surface area contributed by atoms with Crippen LogP contribution in [-0.2, 0) is 23.4 Å². The van der Waals surface area contributed by atoms with Gasteiger partial charge in [0.05, 0.1) is 11.3 Å². The Morgan fingerprint density at radius 1 is 1.00 bits per heavy atom. The molecule has 2 aromatic carbocycles. The van der Waals surface area contributed by atoms with Gasteiger partial charge in [-0.05, 0) is 97.5 Å². The van der Waals surface area contributed by atoms with Crippen molar-refractivity contribution in [2.75, 3.05) is 13.1 Å². The third-order valence-electron chi connectivity index (χ3n) is 9.05. The van der Waals surface area contributed by atoms with E-state index in [0.29, 0.717) is 24.5 Å². The van der Waals surface area contributed by atoms with Gasteiger partial charge in [-0.3, -0.25) is 9.56 Å². The Labute approximate surface area is 293 Å². The Morgan fingerprint density at radius 3 is 2.20 bits per heavy atom. The van der Waals surface area contributed by atoms with Crippen LogP contribution in [0.1, 0.15) is 102 Å². The molecule has 12 heteroatoms. The van der Waals surface area contributed by atoms with E-state index in [9.17, 15) is 18.0 Å². The zero-order valence-corrected chi connectivity index (χ0v) is 30.3. The predicted molar refractivity (Wildman–Crippen MR) is 197 cm³/mol. The molecule has 5 rings (SSSR count). The quantitative estimate of drug-likeness (QED) is 0.0756. The van der Waals surface area contributed by atoms with Gasteiger partial charge in [0.2, 0.25) is 0 Å². The summed E-state index contributed by atoms with van der Waals surface area (Å²) in [5, 5.41) is 4.36. The number of alkyl halides is 3. The number of nitrogens with one attached hydrogen (secondary N) is 2. The number of hydrogen-bond acceptors (Lipinski definition) is 5. The minimum Gasteiger partial charge on any atom is -0.370 e. The Hall–Kier alpha value is -4.16. The average Bonchev–Trinajstić information content (AvgIpc) is 3.43. The van der Waals surface area contributed by atoms with Gasteiger partial charge < -0.3 is 27.5 Å². The molecule has 2 aromatic heterocycles. The van der Waals surface area contributed by atoms with Gasteiger partial charge in [-0.25, -0.2) is 4.79 Å². The lowest BCUT2D eigenvalue weighted by Crippen LogP contribution is -2.37. The van der Waals surface area contributed by atoms with E-state index in [1.807, 2.05) is 57.3 Å². The summed E-state index contributed by atoms with van der Waals surface area (Å²) in [6.07, 6.45) is 0.945. The number of nitrogens with two attached hydrogens (primary N) is 3. The van der Waals surface area contributed by atoms with Crippen molar-refractivity contribution in [1.29, 1.82) is 0 Å². The van der Waals surface area contributed by atoms with Crippen LogP contribution in [0.2, 0.25) is 0 Å². The van der Waals surface area contributed by atoms with Crippen molar-refractivity contribution in [1.82, 2.24) is 19.9 Å². The second kappa shape index (κ2) is 15.4. The summed E-state index contributed by atoms with van der Waals surface area (Å²) in [5.41, 5.74) is 20.3. The SMILES string of the molecule is CC(C)(C)c1cc(CC2CC(N)C2)cc(C(F)(F)F)c1.C[C@H](NCCCN=C(N)N)c1ccc(-n2cc3cc(C(C)(C)C)[nH]c3nc2=O)cc1. The fraction of sp³-hybridized carbons (Fsp3) is 0.500. The molecule has 9 nitrogen and oxygen atoms in total. The third kappa shape index (κ3) is 10.4. The number of halogens is 3. The minimum absolute atomic E-state index is 0.0390. The molecule has 0 saturated heterocycles. The number of aromatic amines is 1. The summed E-state index contributed by atoms with van der Waals surface area (Å²) in [4.78, 5) is 24.0. The number of fused-ring (bicyclic) bond motifs is 1. The number of rotatable bonds is 9. The first-order valence-corrected chi connectivity index (χ1v) is 17.2. The van der Waals surface area contributed by atoms with Crippen LogP contribution in [0, 0.1) is 5.92 Å². The summed E-state index contributed by atoms with van der Waals surface area (Å²) in [6, 6.07) is 14.9. The van der Waals surface area contributed by atoms with Crippen LogP contribution >= 0.6 is 0 Å². The maximum absolute atomic E-state index is 13.0. The smallest absolute Gasteiger partial charge is 0.370 e. The summed E-state index contributed by atoms with van der Waals surface area (Å²) in [7, 11) is 0. The number of guanidine groups is 1. The van der Waals surface area contributed by atoms with Crippen LogP contribution in [0.25, 0.3) is 16.7 Å². The highest BCUT2D eigenvalue weighted by Gasteiger charge is 2.33. The van der Waals surface area contributed by atoms with Gasteiger partial charge in [-0.15, -0.1) is 0 Å². The molecule has 272 valence electrons. The van der Waals surface area contributed by atoms with E-state index in [-0.39, 0.29) is 34.6 Å². The standard InChI is InChI=1S/C22H31N7O.C16H22F3N/c1-14(25-10-5-11-26-20(23)24)15-6-8-17(9-7-15)29-13-16-12-18(22(2,3)4)27-19(16)28-21(29)30;1-15(2,3)12-5-10(4-11-7-14(20)8-11)6-13(9-12)16(17,18)19/h6-9,12-14,25H,5,10-11H2,1-4H3,(H4,23,24,26)(H,27,28,30);5-6,9,11,14H,4,7-8,20H2,1-3H3/t14-;/m0./s1. The topological polar surface area (TPSA) is 153 Å². The van der Waals surface area contributed by atoms with E-state index in [4.69, 9.17) is 17.2 Å². The molecule has 4 aromatic rings. The number of nitrogens with zero attached hydrogens (tertiary/aromatic N) is 3. The van der Waals surface area contributed by atoms with Crippen molar-refractivity contribution in [3.05, 3.63) is 93.2 Å². The maximum Gasteiger partial charge on any atom is 0.416 e. The molecule has 1 fully saturated rings. The number of aliphatic imine (C=N–C) groups is 1. The fourth-order valence-corrected chi connectivity index (χ4v) is 5.92. The van der Waals surface area contributed by atoms with Crippen LogP contribution in [0.3, 0.4) is 0 Å². The van der Waals surface area contributed by atoms with Gasteiger partial charge >= 0.3 is 11.9 Å². The molecule has 50 heavy (non-hydrogen) atoms. The van der Waals surface area contributed by atoms with Crippen molar-refractivity contribution in [3.8, 4) is 5.69 Å². The number of H-pyrrole nitrogens is 1. The molecular formula is C38H53F3N8O. The van der Waals surface area contributed by atoms with E-state index in [0.717, 1.165) is 59.3 Å². The van der Waals surface area contributed by atoms with Crippen LogP contribution < -0.4 is 28.2 Å². The molecule has 1 aliphatic rings. The van der Waals surface area contributed by atoms with Crippen LogP contribution in [0.15, 0.2) is 64.5 Å². The Morgan fingerprint density at radius 2 is 1.64 bits per heavy atom. The second-order valence-electron chi connectivity index (χ2n) is 15.5. The van der Waals surface area contributed by atoms with Crippen molar-refractivity contribution < 1.29 is 13.2 Å². The van der Waals surface area contributed by atoms with Gasteiger partial charge in [0, 0.05) is 41.3 Å². The molecule has 0 amide bonds.